The van der Waals surface area contributed by atoms with Crippen molar-refractivity contribution in [3.63, 3.8) is 0 Å². The Morgan fingerprint density at radius 1 is 1.06 bits per heavy atom. The Hall–Kier alpha value is -3.40. The number of anilines is 1. The molecule has 0 saturated heterocycles. The first-order valence-electron chi connectivity index (χ1n) is 10.0. The molecule has 0 saturated carbocycles. The molecule has 0 bridgehead atoms. The lowest BCUT2D eigenvalue weighted by Gasteiger charge is -2.14. The van der Waals surface area contributed by atoms with Crippen molar-refractivity contribution >= 4 is 29.1 Å². The molecule has 0 radical (unpaired) electrons. The highest BCUT2D eigenvalue weighted by Crippen LogP contribution is 2.33. The van der Waals surface area contributed by atoms with Crippen molar-refractivity contribution in [2.75, 3.05) is 5.32 Å². The second kappa shape index (κ2) is 8.86. The van der Waals surface area contributed by atoms with Crippen molar-refractivity contribution in [3.8, 4) is 0 Å². The van der Waals surface area contributed by atoms with Crippen molar-refractivity contribution in [1.82, 2.24) is 19.6 Å². The van der Waals surface area contributed by atoms with E-state index in [1.807, 2.05) is 19.9 Å². The van der Waals surface area contributed by atoms with Crippen molar-refractivity contribution in [1.29, 1.82) is 0 Å². The molecular weight excluding hydrogens is 451 g/mol. The summed E-state index contributed by atoms with van der Waals surface area (Å²) in [6.07, 6.45) is -4.49. The number of carbonyl (C=O) groups excluding carboxylic acids is 1. The number of benzene rings is 2. The van der Waals surface area contributed by atoms with Gasteiger partial charge in [0.2, 0.25) is 5.16 Å². The number of fused-ring (bicyclic) bond motifs is 1. The number of hydrogen-bond acceptors (Lipinski definition) is 5. The maximum absolute atomic E-state index is 13.2. The fraction of sp³-hybridized carbons (Fsp3) is 0.217. The van der Waals surface area contributed by atoms with E-state index in [0.717, 1.165) is 17.5 Å². The first kappa shape index (κ1) is 22.8. The van der Waals surface area contributed by atoms with E-state index in [2.05, 4.69) is 20.4 Å². The van der Waals surface area contributed by atoms with Crippen LogP contribution in [0.25, 0.3) is 5.78 Å². The van der Waals surface area contributed by atoms with Crippen LogP contribution >= 0.6 is 11.8 Å². The van der Waals surface area contributed by atoms with Crippen LogP contribution in [0.15, 0.2) is 53.7 Å². The van der Waals surface area contributed by atoms with Crippen molar-refractivity contribution in [2.45, 2.75) is 37.9 Å². The highest BCUT2D eigenvalue weighted by molar-refractivity contribution is 7.98. The van der Waals surface area contributed by atoms with Gasteiger partial charge in [0, 0.05) is 28.4 Å². The van der Waals surface area contributed by atoms with E-state index in [-0.39, 0.29) is 11.3 Å². The van der Waals surface area contributed by atoms with Gasteiger partial charge in [0.15, 0.2) is 0 Å². The van der Waals surface area contributed by atoms with Crippen LogP contribution in [0, 0.1) is 20.8 Å². The number of aryl methyl sites for hydroxylation is 3. The van der Waals surface area contributed by atoms with Crippen LogP contribution in [0.1, 0.15) is 38.4 Å². The Kier molecular flexibility index (Phi) is 6.11. The summed E-state index contributed by atoms with van der Waals surface area (Å²) < 4.78 is 41.3. The zero-order valence-corrected chi connectivity index (χ0v) is 18.9. The molecule has 33 heavy (non-hydrogen) atoms. The quantitative estimate of drug-likeness (QED) is 0.383. The molecule has 4 aromatic rings. The van der Waals surface area contributed by atoms with Gasteiger partial charge in [0.1, 0.15) is 0 Å². The van der Waals surface area contributed by atoms with Crippen LogP contribution in [0.3, 0.4) is 0 Å². The Labute approximate surface area is 192 Å². The first-order chi connectivity index (χ1) is 15.6. The highest BCUT2D eigenvalue weighted by atomic mass is 32.2. The van der Waals surface area contributed by atoms with Gasteiger partial charge in [-0.25, -0.2) is 9.50 Å². The predicted molar refractivity (Wildman–Crippen MR) is 120 cm³/mol. The minimum atomic E-state index is -4.49. The van der Waals surface area contributed by atoms with Crippen LogP contribution in [-0.2, 0) is 11.9 Å². The summed E-state index contributed by atoms with van der Waals surface area (Å²) in [5, 5.41) is 7.54. The number of amides is 1. The molecule has 0 aliphatic rings. The number of rotatable bonds is 5. The number of halogens is 3. The number of hydrogen-bond donors (Lipinski definition) is 1. The van der Waals surface area contributed by atoms with Crippen molar-refractivity contribution in [3.05, 3.63) is 82.2 Å². The molecule has 10 heteroatoms. The van der Waals surface area contributed by atoms with Gasteiger partial charge in [-0.1, -0.05) is 36.0 Å². The number of alkyl halides is 3. The average molecular weight is 472 g/mol. The van der Waals surface area contributed by atoms with E-state index >= 15 is 0 Å². The van der Waals surface area contributed by atoms with Gasteiger partial charge in [-0.2, -0.15) is 18.2 Å². The summed E-state index contributed by atoms with van der Waals surface area (Å²) in [6.45, 7) is 5.18. The molecule has 4 rings (SSSR count). The molecule has 6 nitrogen and oxygen atoms in total. The lowest BCUT2D eigenvalue weighted by Crippen LogP contribution is -2.15. The molecule has 1 N–H and O–H groups in total. The number of nitrogens with zero attached hydrogens (tertiary/aromatic N) is 4. The maximum atomic E-state index is 13.2. The fourth-order valence-electron chi connectivity index (χ4n) is 3.42. The molecule has 0 atom stereocenters. The normalized spacial score (nSPS) is 11.7. The third-order valence-electron chi connectivity index (χ3n) is 5.02. The van der Waals surface area contributed by atoms with Crippen LogP contribution in [0.4, 0.5) is 18.9 Å². The van der Waals surface area contributed by atoms with Crippen molar-refractivity contribution < 1.29 is 18.0 Å². The SMILES string of the molecule is Cc1cc(C)n2nc(SCc3ccccc3C(=O)Nc3ccc(C)c(C(F)(F)F)c3)nc2n1. The molecule has 0 aliphatic heterocycles. The topological polar surface area (TPSA) is 72.2 Å². The molecular formula is C23H20F3N5OS. The molecule has 0 fully saturated rings. The molecule has 2 heterocycles. The summed E-state index contributed by atoms with van der Waals surface area (Å²) in [5.41, 5.74) is 2.23. The van der Waals surface area contributed by atoms with E-state index in [0.29, 0.717) is 27.8 Å². The van der Waals surface area contributed by atoms with Gasteiger partial charge in [0.25, 0.3) is 11.7 Å². The van der Waals surface area contributed by atoms with Gasteiger partial charge >= 0.3 is 6.18 Å². The molecule has 0 unspecified atom stereocenters. The largest absolute Gasteiger partial charge is 0.416 e. The van der Waals surface area contributed by atoms with E-state index in [1.165, 1.54) is 30.8 Å². The highest BCUT2D eigenvalue weighted by Gasteiger charge is 2.32. The van der Waals surface area contributed by atoms with Crippen LogP contribution in [-0.4, -0.2) is 25.5 Å². The minimum absolute atomic E-state index is 0.0827. The third-order valence-corrected chi connectivity index (χ3v) is 5.90. The smallest absolute Gasteiger partial charge is 0.322 e. The van der Waals surface area contributed by atoms with Gasteiger partial charge in [-0.3, -0.25) is 4.79 Å². The summed E-state index contributed by atoms with van der Waals surface area (Å²) in [6, 6.07) is 12.6. The third kappa shape index (κ3) is 5.00. The Balaban J connectivity index is 1.53. The molecule has 1 amide bonds. The number of aromatic nitrogens is 4. The van der Waals surface area contributed by atoms with E-state index < -0.39 is 17.6 Å². The number of carbonyl (C=O) groups is 1. The monoisotopic (exact) mass is 471 g/mol. The average Bonchev–Trinajstić information content (AvgIpc) is 3.16. The lowest BCUT2D eigenvalue weighted by atomic mass is 10.1. The standard InChI is InChI=1S/C23H20F3N5OS/c1-13-8-9-17(11-19(13)23(24,25)26)28-20(32)18-7-5-4-6-16(18)12-33-22-29-21-27-14(2)10-15(3)31(21)30-22/h4-11H,12H2,1-3H3,(H,28,32). The first-order valence-corrected chi connectivity index (χ1v) is 11.0. The van der Waals surface area contributed by atoms with Crippen molar-refractivity contribution in [2.24, 2.45) is 0 Å². The number of nitrogens with one attached hydrogen (secondary N) is 1. The van der Waals surface area contributed by atoms with E-state index in [9.17, 15) is 18.0 Å². The molecule has 0 aliphatic carbocycles. The summed E-state index contributed by atoms with van der Waals surface area (Å²) in [4.78, 5) is 21.7. The Morgan fingerprint density at radius 2 is 1.82 bits per heavy atom. The van der Waals surface area contributed by atoms with Gasteiger partial charge in [0.05, 0.1) is 5.56 Å². The molecule has 2 aromatic heterocycles. The summed E-state index contributed by atoms with van der Waals surface area (Å²) >= 11 is 1.35. The number of thioether (sulfide) groups is 1. The predicted octanol–water partition coefficient (Wildman–Crippen LogP) is 5.61. The maximum Gasteiger partial charge on any atom is 0.416 e. The van der Waals surface area contributed by atoms with E-state index in [4.69, 9.17) is 0 Å². The second-order valence-corrected chi connectivity index (χ2v) is 8.51. The van der Waals surface area contributed by atoms with Gasteiger partial charge in [-0.05, 0) is 56.2 Å². The van der Waals surface area contributed by atoms with Gasteiger partial charge < -0.3 is 5.32 Å². The van der Waals surface area contributed by atoms with Crippen LogP contribution in [0.5, 0.6) is 0 Å². The van der Waals surface area contributed by atoms with E-state index in [1.54, 1.807) is 28.8 Å². The zero-order valence-electron chi connectivity index (χ0n) is 18.1. The van der Waals surface area contributed by atoms with Crippen LogP contribution < -0.4 is 5.32 Å². The Bertz CT molecular complexity index is 1350. The Morgan fingerprint density at radius 3 is 2.58 bits per heavy atom. The molecule has 2 aromatic carbocycles. The summed E-state index contributed by atoms with van der Waals surface area (Å²) in [7, 11) is 0. The molecule has 0 spiro atoms. The van der Waals surface area contributed by atoms with Gasteiger partial charge in [-0.15, -0.1) is 5.10 Å². The zero-order chi connectivity index (χ0) is 23.8. The van der Waals surface area contributed by atoms with Crippen LogP contribution in [0.2, 0.25) is 0 Å². The second-order valence-electron chi connectivity index (χ2n) is 7.57. The fourth-order valence-corrected chi connectivity index (χ4v) is 4.24. The molecule has 170 valence electrons. The minimum Gasteiger partial charge on any atom is -0.322 e. The lowest BCUT2D eigenvalue weighted by molar-refractivity contribution is -0.138. The summed E-state index contributed by atoms with van der Waals surface area (Å²) in [5.74, 6) is 0.417.